The van der Waals surface area contributed by atoms with E-state index >= 15 is 0 Å². The third kappa shape index (κ3) is 8.89. The molecule has 2 aromatic heterocycles. The van der Waals surface area contributed by atoms with Crippen LogP contribution in [0.1, 0.15) is 115 Å². The van der Waals surface area contributed by atoms with E-state index in [9.17, 15) is 36.6 Å². The molecule has 0 saturated carbocycles. The SMILES string of the molecule is CC(C)(C)CC(C)(C)c1cc(Cc2cc(C(C)(C)CC(C)(C)C)cc(-n3nc4ccc(C(F)(F)F)cc4n3)c2O)c(O)c(-n2nc3ccc(C(F)(F)F)cc3n2)c1. The fourth-order valence-corrected chi connectivity index (χ4v) is 8.17. The van der Waals surface area contributed by atoms with Crippen molar-refractivity contribution < 1.29 is 36.6 Å². The molecule has 2 N–H and O–H groups in total. The molecule has 6 rings (SSSR count). The quantitative estimate of drug-likeness (QED) is 0.149. The lowest BCUT2D eigenvalue weighted by Crippen LogP contribution is -2.25. The van der Waals surface area contributed by atoms with Crippen molar-refractivity contribution in [3.05, 3.63) is 94.0 Å². The highest BCUT2D eigenvalue weighted by molar-refractivity contribution is 5.76. The molecule has 0 aliphatic heterocycles. The monoisotopic (exact) mass is 794 g/mol. The topological polar surface area (TPSA) is 102 Å². The number of phenols is 2. The summed E-state index contributed by atoms with van der Waals surface area (Å²) in [7, 11) is 0. The van der Waals surface area contributed by atoms with Crippen LogP contribution < -0.4 is 0 Å². The first-order chi connectivity index (χ1) is 26.0. The Morgan fingerprint density at radius 3 is 1.11 bits per heavy atom. The van der Waals surface area contributed by atoms with E-state index in [-0.39, 0.29) is 62.2 Å². The summed E-state index contributed by atoms with van der Waals surface area (Å²) in [6.07, 6.45) is -7.79. The Labute approximate surface area is 327 Å². The van der Waals surface area contributed by atoms with Crippen molar-refractivity contribution in [2.75, 3.05) is 0 Å². The molecule has 4 aromatic carbocycles. The maximum absolute atomic E-state index is 13.6. The zero-order valence-corrected chi connectivity index (χ0v) is 33.7. The predicted molar refractivity (Wildman–Crippen MR) is 208 cm³/mol. The molecule has 0 atom stereocenters. The van der Waals surface area contributed by atoms with Crippen molar-refractivity contribution >= 4 is 22.1 Å². The van der Waals surface area contributed by atoms with E-state index in [1.807, 2.05) is 12.1 Å². The average molecular weight is 795 g/mol. The number of hydrogen-bond acceptors (Lipinski definition) is 6. The first-order valence-electron chi connectivity index (χ1n) is 18.6. The van der Waals surface area contributed by atoms with Gasteiger partial charge in [0.25, 0.3) is 0 Å². The van der Waals surface area contributed by atoms with Crippen molar-refractivity contribution in [2.24, 2.45) is 10.8 Å². The number of aromatic hydroxyl groups is 2. The molecule has 57 heavy (non-hydrogen) atoms. The number of alkyl halides is 6. The zero-order chi connectivity index (χ0) is 42.3. The lowest BCUT2D eigenvalue weighted by atomic mass is 9.71. The van der Waals surface area contributed by atoms with E-state index in [0.717, 1.165) is 45.0 Å². The van der Waals surface area contributed by atoms with Crippen LogP contribution in [0.4, 0.5) is 26.3 Å². The maximum Gasteiger partial charge on any atom is 0.416 e. The lowest BCUT2D eigenvalue weighted by Gasteiger charge is -2.34. The Hall–Kier alpha value is -5.14. The zero-order valence-electron chi connectivity index (χ0n) is 33.7. The number of rotatable bonds is 8. The number of benzene rings is 4. The molecule has 0 bridgehead atoms. The molecule has 14 heteroatoms. The van der Waals surface area contributed by atoms with Gasteiger partial charge in [0.15, 0.2) is 0 Å². The summed E-state index contributed by atoms with van der Waals surface area (Å²) in [6.45, 7) is 20.9. The van der Waals surface area contributed by atoms with Crippen molar-refractivity contribution in [1.29, 1.82) is 0 Å². The molecule has 0 amide bonds. The largest absolute Gasteiger partial charge is 0.505 e. The van der Waals surface area contributed by atoms with Gasteiger partial charge in [-0.2, -0.15) is 26.3 Å². The molecule has 8 nitrogen and oxygen atoms in total. The molecule has 0 saturated heterocycles. The van der Waals surface area contributed by atoms with E-state index in [1.54, 1.807) is 12.1 Å². The van der Waals surface area contributed by atoms with Gasteiger partial charge in [-0.1, -0.05) is 81.4 Å². The summed E-state index contributed by atoms with van der Waals surface area (Å²) in [5, 5.41) is 41.6. The third-order valence-electron chi connectivity index (χ3n) is 10.1. The molecule has 6 aromatic rings. The third-order valence-corrected chi connectivity index (χ3v) is 10.1. The molecular weight excluding hydrogens is 747 g/mol. The van der Waals surface area contributed by atoms with Crippen molar-refractivity contribution in [2.45, 2.75) is 112 Å². The van der Waals surface area contributed by atoms with Crippen LogP contribution in [0.3, 0.4) is 0 Å². The van der Waals surface area contributed by atoms with E-state index in [2.05, 4.69) is 89.6 Å². The summed E-state index contributed by atoms with van der Waals surface area (Å²) < 4.78 is 81.5. The van der Waals surface area contributed by atoms with Crippen molar-refractivity contribution in [3.63, 3.8) is 0 Å². The molecule has 0 aliphatic carbocycles. The van der Waals surface area contributed by atoms with Crippen LogP contribution in [0.15, 0.2) is 60.7 Å². The van der Waals surface area contributed by atoms with Crippen LogP contribution in [0.5, 0.6) is 11.5 Å². The van der Waals surface area contributed by atoms with Crippen LogP contribution in [-0.2, 0) is 29.6 Å². The predicted octanol–water partition coefficient (Wildman–Crippen LogP) is 11.6. The number of nitrogens with zero attached hydrogens (tertiary/aromatic N) is 6. The Kier molecular flexibility index (Phi) is 10.0. The summed E-state index contributed by atoms with van der Waals surface area (Å²) in [5.74, 6) is -0.491. The highest BCUT2D eigenvalue weighted by Gasteiger charge is 2.34. The van der Waals surface area contributed by atoms with Crippen LogP contribution in [0.25, 0.3) is 33.4 Å². The lowest BCUT2D eigenvalue weighted by molar-refractivity contribution is -0.138. The first-order valence-corrected chi connectivity index (χ1v) is 18.6. The maximum atomic E-state index is 13.6. The van der Waals surface area contributed by atoms with Gasteiger partial charge in [-0.25, -0.2) is 0 Å². The molecule has 0 spiro atoms. The summed E-state index contributed by atoms with van der Waals surface area (Å²) in [6, 6.07) is 13.3. The summed E-state index contributed by atoms with van der Waals surface area (Å²) >= 11 is 0. The minimum absolute atomic E-state index is 0.0114. The smallest absolute Gasteiger partial charge is 0.416 e. The van der Waals surface area contributed by atoms with Gasteiger partial charge in [-0.05, 0) is 94.2 Å². The summed E-state index contributed by atoms with van der Waals surface area (Å²) in [5.41, 5.74) is 0.0249. The minimum atomic E-state index is -4.59. The fourth-order valence-electron chi connectivity index (χ4n) is 8.17. The second kappa shape index (κ2) is 13.8. The molecule has 0 aliphatic rings. The van der Waals surface area contributed by atoms with Gasteiger partial charge in [0.1, 0.15) is 44.9 Å². The molecule has 0 radical (unpaired) electrons. The minimum Gasteiger partial charge on any atom is -0.505 e. The second-order valence-corrected chi connectivity index (χ2v) is 18.8. The van der Waals surface area contributed by atoms with Gasteiger partial charge in [-0.15, -0.1) is 30.0 Å². The first kappa shape index (κ1) is 41.5. The van der Waals surface area contributed by atoms with Gasteiger partial charge in [0, 0.05) is 17.5 Å². The molecule has 304 valence electrons. The highest BCUT2D eigenvalue weighted by Crippen LogP contribution is 2.44. The standard InChI is InChI=1S/C43H48F6N6O2/c1-38(2,3)22-40(7,8)28-16-24(36(56)34(20-28)54-50-30-13-11-26(42(44,45)46)18-32(30)52-54)15-25-17-29(41(9,10)23-39(4,5)6)21-35(37(25)57)55-51-31-14-12-27(43(47,48)49)19-33(31)53-55/h11-14,16-21,56-57H,15,22-23H2,1-10H3. The van der Waals surface area contributed by atoms with Crippen LogP contribution >= 0.6 is 0 Å². The van der Waals surface area contributed by atoms with Crippen LogP contribution in [0, 0.1) is 10.8 Å². The number of fused-ring (bicyclic) bond motifs is 2. The van der Waals surface area contributed by atoms with E-state index in [0.29, 0.717) is 24.0 Å². The number of phenolic OH excluding ortho intramolecular Hbond substituents is 2. The van der Waals surface area contributed by atoms with Crippen LogP contribution in [-0.4, -0.2) is 40.2 Å². The second-order valence-electron chi connectivity index (χ2n) is 18.8. The van der Waals surface area contributed by atoms with Gasteiger partial charge in [0.2, 0.25) is 0 Å². The molecule has 0 unspecified atom stereocenters. The number of hydrogen-bond donors (Lipinski definition) is 2. The normalized spacial score (nSPS) is 13.6. The van der Waals surface area contributed by atoms with E-state index in [4.69, 9.17) is 0 Å². The Bertz CT molecular complexity index is 2310. The van der Waals surface area contributed by atoms with Gasteiger partial charge < -0.3 is 10.2 Å². The van der Waals surface area contributed by atoms with Gasteiger partial charge >= 0.3 is 12.4 Å². The Morgan fingerprint density at radius 1 is 0.456 bits per heavy atom. The van der Waals surface area contributed by atoms with Crippen LogP contribution in [0.2, 0.25) is 0 Å². The fraction of sp³-hybridized carbons (Fsp3) is 0.442. The van der Waals surface area contributed by atoms with Crippen molar-refractivity contribution in [3.8, 4) is 22.9 Å². The van der Waals surface area contributed by atoms with E-state index in [1.165, 1.54) is 12.1 Å². The molecule has 2 heterocycles. The van der Waals surface area contributed by atoms with Gasteiger partial charge in [0.05, 0.1) is 11.1 Å². The number of aromatic nitrogens is 6. The summed E-state index contributed by atoms with van der Waals surface area (Å²) in [4.78, 5) is 2.26. The van der Waals surface area contributed by atoms with Gasteiger partial charge in [-0.3, -0.25) is 0 Å². The molecular formula is C43H48F6N6O2. The molecule has 0 fully saturated rings. The van der Waals surface area contributed by atoms with E-state index < -0.39 is 34.3 Å². The number of halogens is 6. The average Bonchev–Trinajstić information content (AvgIpc) is 3.67. The highest BCUT2D eigenvalue weighted by atomic mass is 19.4. The van der Waals surface area contributed by atoms with Crippen molar-refractivity contribution in [1.82, 2.24) is 30.0 Å². The Balaban J connectivity index is 1.56. The Morgan fingerprint density at radius 2 is 0.789 bits per heavy atom.